The van der Waals surface area contributed by atoms with Crippen LogP contribution in [0.3, 0.4) is 0 Å². The van der Waals surface area contributed by atoms with Gasteiger partial charge in [0.2, 0.25) is 0 Å². The summed E-state index contributed by atoms with van der Waals surface area (Å²) in [5.41, 5.74) is 0.828. The number of methoxy groups -OCH3 is 1. The summed E-state index contributed by atoms with van der Waals surface area (Å²) in [6.45, 7) is 3.73. The van der Waals surface area contributed by atoms with E-state index in [9.17, 15) is 19.5 Å². The summed E-state index contributed by atoms with van der Waals surface area (Å²) >= 11 is 3.35. The number of amides is 2. The Morgan fingerprint density at radius 1 is 1.10 bits per heavy atom. The lowest BCUT2D eigenvalue weighted by atomic mass is 10.0. The number of nitrogens with one attached hydrogen (secondary N) is 2. The summed E-state index contributed by atoms with van der Waals surface area (Å²) in [5.74, 6) is -1.97. The van der Waals surface area contributed by atoms with Gasteiger partial charge in [-0.05, 0) is 48.2 Å². The number of rotatable bonds is 9. The van der Waals surface area contributed by atoms with Crippen LogP contribution in [0.1, 0.15) is 36.2 Å². The van der Waals surface area contributed by atoms with Crippen LogP contribution in [0.5, 0.6) is 5.75 Å². The Balaban J connectivity index is 2.36. The van der Waals surface area contributed by atoms with E-state index in [0.29, 0.717) is 11.3 Å². The third kappa shape index (κ3) is 7.25. The molecule has 0 saturated carbocycles. The first-order valence-electron chi connectivity index (χ1n) is 9.66. The largest absolute Gasteiger partial charge is 0.496 e. The molecule has 2 aromatic carbocycles. The van der Waals surface area contributed by atoms with Gasteiger partial charge in [0.25, 0.3) is 11.8 Å². The minimum absolute atomic E-state index is 0.0588. The van der Waals surface area contributed by atoms with E-state index in [1.165, 1.54) is 13.2 Å². The Morgan fingerprint density at radius 2 is 1.74 bits per heavy atom. The van der Waals surface area contributed by atoms with E-state index in [-0.39, 0.29) is 23.6 Å². The van der Waals surface area contributed by atoms with Crippen LogP contribution in [0.25, 0.3) is 6.08 Å². The van der Waals surface area contributed by atoms with Crippen LogP contribution in [0.4, 0.5) is 0 Å². The van der Waals surface area contributed by atoms with Crippen LogP contribution in [0, 0.1) is 5.92 Å². The Bertz CT molecular complexity index is 970. The van der Waals surface area contributed by atoms with Gasteiger partial charge in [-0.15, -0.1) is 0 Å². The zero-order valence-corrected chi connectivity index (χ0v) is 19.1. The molecule has 164 valence electrons. The number of para-hydroxylation sites is 1. The monoisotopic (exact) mass is 488 g/mol. The van der Waals surface area contributed by atoms with Crippen molar-refractivity contribution in [1.29, 1.82) is 0 Å². The average Bonchev–Trinajstić information content (AvgIpc) is 2.73. The predicted molar refractivity (Wildman–Crippen MR) is 122 cm³/mol. The molecule has 0 spiro atoms. The van der Waals surface area contributed by atoms with E-state index in [4.69, 9.17) is 4.74 Å². The van der Waals surface area contributed by atoms with E-state index in [1.807, 2.05) is 13.8 Å². The molecule has 3 N–H and O–H groups in total. The highest BCUT2D eigenvalue weighted by atomic mass is 79.9. The zero-order valence-electron chi connectivity index (χ0n) is 17.5. The summed E-state index contributed by atoms with van der Waals surface area (Å²) in [4.78, 5) is 37.4. The molecule has 1 unspecified atom stereocenters. The number of halogens is 1. The first-order valence-corrected chi connectivity index (χ1v) is 10.5. The lowest BCUT2D eigenvalue weighted by Gasteiger charge is -2.18. The van der Waals surface area contributed by atoms with Crippen molar-refractivity contribution >= 4 is 39.8 Å². The normalized spacial score (nSPS) is 12.2. The first kappa shape index (κ1) is 24.1. The fourth-order valence-corrected chi connectivity index (χ4v) is 3.10. The Labute approximate surface area is 189 Å². The SMILES string of the molecule is COc1ccccc1C(=O)N/C(=C/c1ccc(Br)cc1)C(=O)NC(CC(C)C)C(=O)O. The third-order valence-corrected chi connectivity index (χ3v) is 4.86. The van der Waals surface area contributed by atoms with Gasteiger partial charge < -0.3 is 20.5 Å². The van der Waals surface area contributed by atoms with Crippen molar-refractivity contribution in [3.63, 3.8) is 0 Å². The highest BCUT2D eigenvalue weighted by Crippen LogP contribution is 2.18. The number of hydrogen-bond donors (Lipinski definition) is 3. The van der Waals surface area contributed by atoms with Crippen molar-refractivity contribution in [2.75, 3.05) is 7.11 Å². The quantitative estimate of drug-likeness (QED) is 0.465. The number of carboxylic acids is 1. The molecule has 0 aliphatic carbocycles. The van der Waals surface area contributed by atoms with Crippen molar-refractivity contribution in [3.8, 4) is 5.75 Å². The molecule has 31 heavy (non-hydrogen) atoms. The average molecular weight is 489 g/mol. The van der Waals surface area contributed by atoms with E-state index in [2.05, 4.69) is 26.6 Å². The van der Waals surface area contributed by atoms with Crippen molar-refractivity contribution in [1.82, 2.24) is 10.6 Å². The van der Waals surface area contributed by atoms with Crippen molar-refractivity contribution < 1.29 is 24.2 Å². The summed E-state index contributed by atoms with van der Waals surface area (Å²) in [7, 11) is 1.45. The molecule has 0 aliphatic heterocycles. The maximum absolute atomic E-state index is 12.9. The molecule has 1 atom stereocenters. The van der Waals surface area contributed by atoms with Crippen LogP contribution in [-0.2, 0) is 9.59 Å². The molecule has 0 fully saturated rings. The van der Waals surface area contributed by atoms with E-state index >= 15 is 0 Å². The highest BCUT2D eigenvalue weighted by molar-refractivity contribution is 9.10. The topological polar surface area (TPSA) is 105 Å². The molecule has 0 aliphatic rings. The number of carboxylic acid groups (broad SMARTS) is 1. The fourth-order valence-electron chi connectivity index (χ4n) is 2.83. The molecule has 0 aromatic heterocycles. The molecule has 0 heterocycles. The summed E-state index contributed by atoms with van der Waals surface area (Å²) in [6.07, 6.45) is 1.75. The standard InChI is InChI=1S/C23H25BrN2O5/c1-14(2)12-19(23(29)30)26-22(28)18(13-15-8-10-16(24)11-9-15)25-21(27)17-6-4-5-7-20(17)31-3/h4-11,13-14,19H,12H2,1-3H3,(H,25,27)(H,26,28)(H,29,30)/b18-13+. The third-order valence-electron chi connectivity index (χ3n) is 4.34. The number of ether oxygens (including phenoxy) is 1. The second-order valence-corrected chi connectivity index (χ2v) is 8.17. The number of benzene rings is 2. The lowest BCUT2D eigenvalue weighted by Crippen LogP contribution is -2.45. The Hall–Kier alpha value is -3.13. The van der Waals surface area contributed by atoms with E-state index in [1.54, 1.807) is 48.5 Å². The molecule has 2 rings (SSSR count). The van der Waals surface area contributed by atoms with Gasteiger partial charge in [-0.25, -0.2) is 4.79 Å². The number of hydrogen-bond acceptors (Lipinski definition) is 4. The minimum atomic E-state index is -1.14. The number of carbonyl (C=O) groups is 3. The first-order chi connectivity index (χ1) is 14.7. The van der Waals surface area contributed by atoms with Gasteiger partial charge in [-0.3, -0.25) is 9.59 Å². The number of carbonyl (C=O) groups excluding carboxylic acids is 2. The van der Waals surface area contributed by atoms with Crippen LogP contribution in [0.2, 0.25) is 0 Å². The summed E-state index contributed by atoms with van der Waals surface area (Å²) in [6, 6.07) is 12.6. The zero-order chi connectivity index (χ0) is 23.0. The molecule has 0 saturated heterocycles. The van der Waals surface area contributed by atoms with Crippen LogP contribution in [0.15, 0.2) is 58.7 Å². The molecule has 2 amide bonds. The predicted octanol–water partition coefficient (Wildman–Crippen LogP) is 3.84. The molecular formula is C23H25BrN2O5. The van der Waals surface area contributed by atoms with E-state index in [0.717, 1.165) is 4.47 Å². The van der Waals surface area contributed by atoms with Crippen molar-refractivity contribution in [3.05, 3.63) is 69.8 Å². The van der Waals surface area contributed by atoms with Crippen molar-refractivity contribution in [2.45, 2.75) is 26.3 Å². The van der Waals surface area contributed by atoms with Gasteiger partial charge in [0.15, 0.2) is 0 Å². The lowest BCUT2D eigenvalue weighted by molar-refractivity contribution is -0.141. The molecule has 0 radical (unpaired) electrons. The van der Waals surface area contributed by atoms with Gasteiger partial charge >= 0.3 is 5.97 Å². The van der Waals surface area contributed by atoms with Crippen LogP contribution < -0.4 is 15.4 Å². The number of aliphatic carboxylic acids is 1. The highest BCUT2D eigenvalue weighted by Gasteiger charge is 2.24. The van der Waals surface area contributed by atoms with Gasteiger partial charge in [0.05, 0.1) is 12.7 Å². The van der Waals surface area contributed by atoms with Gasteiger partial charge in [-0.2, -0.15) is 0 Å². The van der Waals surface area contributed by atoms with Crippen molar-refractivity contribution in [2.24, 2.45) is 5.92 Å². The molecular weight excluding hydrogens is 464 g/mol. The van der Waals surface area contributed by atoms with Crippen LogP contribution in [-0.4, -0.2) is 36.0 Å². The van der Waals surface area contributed by atoms with Gasteiger partial charge in [0.1, 0.15) is 17.5 Å². The minimum Gasteiger partial charge on any atom is -0.496 e. The van der Waals surface area contributed by atoms with Crippen LogP contribution >= 0.6 is 15.9 Å². The second-order valence-electron chi connectivity index (χ2n) is 7.26. The molecule has 2 aromatic rings. The molecule has 8 heteroatoms. The van der Waals surface area contributed by atoms with Gasteiger partial charge in [0, 0.05) is 4.47 Å². The summed E-state index contributed by atoms with van der Waals surface area (Å²) < 4.78 is 6.07. The maximum Gasteiger partial charge on any atom is 0.326 e. The Kier molecular flexibility index (Phi) is 8.81. The second kappa shape index (κ2) is 11.3. The molecule has 7 nitrogen and oxygen atoms in total. The Morgan fingerprint density at radius 3 is 2.32 bits per heavy atom. The fraction of sp³-hybridized carbons (Fsp3) is 0.261. The maximum atomic E-state index is 12.9. The molecule has 0 bridgehead atoms. The van der Waals surface area contributed by atoms with Gasteiger partial charge in [-0.1, -0.05) is 54.0 Å². The smallest absolute Gasteiger partial charge is 0.326 e. The van der Waals surface area contributed by atoms with E-state index < -0.39 is 23.8 Å². The summed E-state index contributed by atoms with van der Waals surface area (Å²) in [5, 5.41) is 14.6.